The molecular weight excluding hydrogens is 164 g/mol. The zero-order chi connectivity index (χ0) is 9.68. The fourth-order valence-electron chi connectivity index (χ4n) is 1.04. The molecule has 0 unspecified atom stereocenters. The van der Waals surface area contributed by atoms with Crippen LogP contribution in [0.2, 0.25) is 0 Å². The number of nitrogens with zero attached hydrogens (tertiary/aromatic N) is 1. The van der Waals surface area contributed by atoms with Gasteiger partial charge in [-0.3, -0.25) is 4.79 Å². The molecule has 0 radical (unpaired) electrons. The molecule has 1 amide bonds. The summed E-state index contributed by atoms with van der Waals surface area (Å²) in [5.41, 5.74) is 1.23. The Morgan fingerprint density at radius 1 is 1.46 bits per heavy atom. The van der Waals surface area contributed by atoms with Gasteiger partial charge < -0.3 is 5.32 Å². The van der Waals surface area contributed by atoms with Crippen LogP contribution < -0.4 is 9.88 Å². The summed E-state index contributed by atoms with van der Waals surface area (Å²) in [7, 11) is 1.65. The van der Waals surface area contributed by atoms with Gasteiger partial charge in [0.2, 0.25) is 5.91 Å². The Labute approximate surface area is 78.4 Å². The fourth-order valence-corrected chi connectivity index (χ4v) is 1.04. The van der Waals surface area contributed by atoms with Crippen LogP contribution in [0.3, 0.4) is 0 Å². The summed E-state index contributed by atoms with van der Waals surface area (Å²) in [5.74, 6) is 0.0769. The molecule has 0 aromatic carbocycles. The highest BCUT2D eigenvalue weighted by Gasteiger charge is 2.03. The Bertz CT molecular complexity index is 279. The van der Waals surface area contributed by atoms with Crippen molar-refractivity contribution in [1.29, 1.82) is 0 Å². The number of aryl methyl sites for hydroxylation is 2. The molecule has 0 fully saturated rings. The maximum atomic E-state index is 10.9. The van der Waals surface area contributed by atoms with Gasteiger partial charge in [0.1, 0.15) is 0 Å². The topological polar surface area (TPSA) is 33.0 Å². The minimum atomic E-state index is 0.0769. The largest absolute Gasteiger partial charge is 0.359 e. The standard InChI is InChI=1S/C10H14N2O/c1-9-3-6-12(7-4-9)8-5-10(13)11-2/h3-4,6-7H,5,8H2,1-2H3/p+1. The van der Waals surface area contributed by atoms with Crippen molar-refractivity contribution >= 4 is 5.91 Å². The van der Waals surface area contributed by atoms with E-state index in [1.54, 1.807) is 7.05 Å². The number of carbonyl (C=O) groups is 1. The maximum absolute atomic E-state index is 10.9. The molecule has 1 aromatic rings. The minimum Gasteiger partial charge on any atom is -0.359 e. The van der Waals surface area contributed by atoms with Gasteiger partial charge in [0.05, 0.1) is 6.42 Å². The Hall–Kier alpha value is -1.38. The van der Waals surface area contributed by atoms with E-state index < -0.39 is 0 Å². The number of amides is 1. The molecule has 0 aliphatic carbocycles. The predicted octanol–water partition coefficient (Wildman–Crippen LogP) is 0.419. The molecule has 3 heteroatoms. The van der Waals surface area contributed by atoms with E-state index in [9.17, 15) is 4.79 Å². The average molecular weight is 179 g/mol. The predicted molar refractivity (Wildman–Crippen MR) is 50.1 cm³/mol. The molecule has 70 valence electrons. The molecule has 0 aliphatic rings. The van der Waals surface area contributed by atoms with Crippen LogP contribution in [-0.2, 0) is 11.3 Å². The summed E-state index contributed by atoms with van der Waals surface area (Å²) in [6.45, 7) is 2.78. The highest BCUT2D eigenvalue weighted by molar-refractivity contribution is 5.75. The van der Waals surface area contributed by atoms with Crippen molar-refractivity contribution in [2.24, 2.45) is 0 Å². The zero-order valence-electron chi connectivity index (χ0n) is 8.08. The number of hydrogen-bond acceptors (Lipinski definition) is 1. The van der Waals surface area contributed by atoms with Gasteiger partial charge in [-0.2, -0.15) is 0 Å². The van der Waals surface area contributed by atoms with Crippen molar-refractivity contribution in [2.75, 3.05) is 7.05 Å². The van der Waals surface area contributed by atoms with Crippen LogP contribution in [0.5, 0.6) is 0 Å². The van der Waals surface area contributed by atoms with E-state index in [-0.39, 0.29) is 5.91 Å². The molecular formula is C10H15N2O+. The molecule has 1 aromatic heterocycles. The SMILES string of the molecule is CNC(=O)CC[n+]1ccc(C)cc1. The smallest absolute Gasteiger partial charge is 0.226 e. The third kappa shape index (κ3) is 3.23. The second-order valence-electron chi connectivity index (χ2n) is 3.04. The van der Waals surface area contributed by atoms with Crippen LogP contribution in [0.1, 0.15) is 12.0 Å². The Morgan fingerprint density at radius 3 is 2.62 bits per heavy atom. The summed E-state index contributed by atoms with van der Waals surface area (Å²) in [5, 5.41) is 2.59. The normalized spacial score (nSPS) is 9.69. The molecule has 1 heterocycles. The van der Waals surface area contributed by atoms with Crippen molar-refractivity contribution in [3.63, 3.8) is 0 Å². The molecule has 0 saturated carbocycles. The van der Waals surface area contributed by atoms with Crippen molar-refractivity contribution in [3.05, 3.63) is 30.1 Å². The zero-order valence-corrected chi connectivity index (χ0v) is 8.08. The second kappa shape index (κ2) is 4.60. The first-order chi connectivity index (χ1) is 6.22. The lowest BCUT2D eigenvalue weighted by Gasteiger charge is -1.96. The lowest BCUT2D eigenvalue weighted by atomic mass is 10.3. The van der Waals surface area contributed by atoms with Crippen LogP contribution in [0.15, 0.2) is 24.5 Å². The van der Waals surface area contributed by atoms with Gasteiger partial charge >= 0.3 is 0 Å². The van der Waals surface area contributed by atoms with Gasteiger partial charge in [-0.15, -0.1) is 0 Å². The molecule has 13 heavy (non-hydrogen) atoms. The van der Waals surface area contributed by atoms with Crippen LogP contribution in [0.4, 0.5) is 0 Å². The first kappa shape index (κ1) is 9.71. The van der Waals surface area contributed by atoms with E-state index in [1.165, 1.54) is 5.56 Å². The summed E-state index contributed by atoms with van der Waals surface area (Å²) < 4.78 is 2.00. The summed E-state index contributed by atoms with van der Waals surface area (Å²) in [6, 6.07) is 4.06. The molecule has 0 bridgehead atoms. The summed E-state index contributed by atoms with van der Waals surface area (Å²) in [6.07, 6.45) is 4.50. The molecule has 1 N–H and O–H groups in total. The lowest BCUT2D eigenvalue weighted by molar-refractivity contribution is -0.695. The second-order valence-corrected chi connectivity index (χ2v) is 3.04. The first-order valence-electron chi connectivity index (χ1n) is 4.38. The minimum absolute atomic E-state index is 0.0769. The monoisotopic (exact) mass is 179 g/mol. The molecule has 0 aliphatic heterocycles. The van der Waals surface area contributed by atoms with E-state index in [0.717, 1.165) is 6.54 Å². The molecule has 0 spiro atoms. The van der Waals surface area contributed by atoms with Gasteiger partial charge in [0.15, 0.2) is 18.9 Å². The quantitative estimate of drug-likeness (QED) is 0.670. The van der Waals surface area contributed by atoms with E-state index in [4.69, 9.17) is 0 Å². The number of pyridine rings is 1. The lowest BCUT2D eigenvalue weighted by Crippen LogP contribution is -2.35. The van der Waals surface area contributed by atoms with E-state index >= 15 is 0 Å². The molecule has 0 saturated heterocycles. The van der Waals surface area contributed by atoms with E-state index in [1.807, 2.05) is 36.0 Å². The number of aromatic nitrogens is 1. The van der Waals surface area contributed by atoms with Crippen LogP contribution in [0, 0.1) is 6.92 Å². The highest BCUT2D eigenvalue weighted by atomic mass is 16.1. The summed E-state index contributed by atoms with van der Waals surface area (Å²) >= 11 is 0. The van der Waals surface area contributed by atoms with E-state index in [0.29, 0.717) is 6.42 Å². The van der Waals surface area contributed by atoms with Gasteiger partial charge in [-0.1, -0.05) is 0 Å². The summed E-state index contributed by atoms with van der Waals surface area (Å²) in [4.78, 5) is 10.9. The first-order valence-corrected chi connectivity index (χ1v) is 4.38. The third-order valence-electron chi connectivity index (χ3n) is 1.93. The van der Waals surface area contributed by atoms with Crippen molar-refractivity contribution in [2.45, 2.75) is 19.9 Å². The third-order valence-corrected chi connectivity index (χ3v) is 1.93. The van der Waals surface area contributed by atoms with Crippen molar-refractivity contribution < 1.29 is 9.36 Å². The number of carbonyl (C=O) groups excluding carboxylic acids is 1. The van der Waals surface area contributed by atoms with Crippen molar-refractivity contribution in [3.8, 4) is 0 Å². The Balaban J connectivity index is 2.46. The maximum Gasteiger partial charge on any atom is 0.226 e. The van der Waals surface area contributed by atoms with Crippen molar-refractivity contribution in [1.82, 2.24) is 5.32 Å². The Morgan fingerprint density at radius 2 is 2.08 bits per heavy atom. The van der Waals surface area contributed by atoms with Gasteiger partial charge in [0, 0.05) is 19.2 Å². The average Bonchev–Trinajstić information content (AvgIpc) is 2.16. The number of nitrogens with one attached hydrogen (secondary N) is 1. The number of hydrogen-bond donors (Lipinski definition) is 1. The van der Waals surface area contributed by atoms with Gasteiger partial charge in [-0.25, -0.2) is 4.57 Å². The highest BCUT2D eigenvalue weighted by Crippen LogP contribution is 1.90. The van der Waals surface area contributed by atoms with Crippen LogP contribution in [0.25, 0.3) is 0 Å². The van der Waals surface area contributed by atoms with Crippen LogP contribution >= 0.6 is 0 Å². The molecule has 3 nitrogen and oxygen atoms in total. The van der Waals surface area contributed by atoms with E-state index in [2.05, 4.69) is 5.32 Å². The molecule has 1 rings (SSSR count). The van der Waals surface area contributed by atoms with Gasteiger partial charge in [0.25, 0.3) is 0 Å². The molecule has 0 atom stereocenters. The Kier molecular flexibility index (Phi) is 3.43. The van der Waals surface area contributed by atoms with Gasteiger partial charge in [-0.05, 0) is 12.5 Å². The van der Waals surface area contributed by atoms with Crippen LogP contribution in [-0.4, -0.2) is 13.0 Å². The fraction of sp³-hybridized carbons (Fsp3) is 0.400. The number of rotatable bonds is 3.